The smallest absolute Gasteiger partial charge is 0.0824 e. The molecule has 1 rings (SSSR count). The maximum atomic E-state index is 2.40. The highest BCUT2D eigenvalue weighted by Crippen LogP contribution is 2.43. The van der Waals surface area contributed by atoms with Gasteiger partial charge in [0.15, 0.2) is 0 Å². The third kappa shape index (κ3) is 3.00. The van der Waals surface area contributed by atoms with Gasteiger partial charge in [0.25, 0.3) is 0 Å². The predicted octanol–water partition coefficient (Wildman–Crippen LogP) is 1.28. The summed E-state index contributed by atoms with van der Waals surface area (Å²) in [6, 6.07) is 9.11. The average molecular weight is 226 g/mol. The molecule has 0 aliphatic rings. The first-order valence-electron chi connectivity index (χ1n) is 6.94. The zero-order chi connectivity index (χ0) is 13.1. The normalized spacial score (nSPS) is 15.5. The van der Waals surface area contributed by atoms with Crippen LogP contribution in [0.25, 0.3) is 0 Å². The first kappa shape index (κ1) is 14.5. The highest BCUT2D eigenvalue weighted by Gasteiger charge is 2.36. The first-order valence-corrected chi connectivity index (χ1v) is 6.94. The van der Waals surface area contributed by atoms with Crippen LogP contribution in [0.3, 0.4) is 0 Å². The van der Waals surface area contributed by atoms with Gasteiger partial charge in [-0.25, -0.2) is 0 Å². The van der Waals surface area contributed by atoms with Crippen LogP contribution in [-0.2, 0) is 11.7 Å². The zero-order valence-electron chi connectivity index (χ0n) is 12.4. The van der Waals surface area contributed by atoms with Crippen LogP contribution in [0.2, 0.25) is 5.21 Å². The first-order chi connectivity index (χ1) is 7.85. The van der Waals surface area contributed by atoms with Crippen molar-refractivity contribution in [3.05, 3.63) is 35.4 Å². The molecule has 0 amide bonds. The summed E-state index contributed by atoms with van der Waals surface area (Å²) < 4.78 is 0. The fourth-order valence-corrected chi connectivity index (χ4v) is 2.51. The molecule has 0 aliphatic heterocycles. The van der Waals surface area contributed by atoms with E-state index in [1.165, 1.54) is 24.0 Å². The number of rotatable bonds is 5. The van der Waals surface area contributed by atoms with E-state index in [-0.39, 0.29) is 5.31 Å². The van der Waals surface area contributed by atoms with Gasteiger partial charge in [-0.15, -0.1) is 0 Å². The van der Waals surface area contributed by atoms with Gasteiger partial charge in [-0.05, 0) is 17.3 Å². The molecule has 0 spiro atoms. The van der Waals surface area contributed by atoms with Crippen LogP contribution in [-0.4, -0.2) is 23.5 Å². The minimum Gasteiger partial charge on any atom is -0.0824 e. The van der Waals surface area contributed by atoms with Gasteiger partial charge in [-0.1, -0.05) is 68.7 Å². The Morgan fingerprint density at radius 2 is 1.76 bits per heavy atom. The lowest BCUT2D eigenvalue weighted by molar-refractivity contribution is 0.515. The fourth-order valence-electron chi connectivity index (χ4n) is 2.51. The summed E-state index contributed by atoms with van der Waals surface area (Å²) in [4.78, 5) is 0. The van der Waals surface area contributed by atoms with Crippen LogP contribution in [0.15, 0.2) is 24.3 Å². The van der Waals surface area contributed by atoms with Crippen molar-refractivity contribution in [2.45, 2.75) is 50.6 Å². The second kappa shape index (κ2) is 5.37. The van der Waals surface area contributed by atoms with Crippen LogP contribution in [0.1, 0.15) is 44.7 Å². The van der Waals surface area contributed by atoms with Crippen LogP contribution >= 0.6 is 0 Å². The molecule has 0 saturated heterocycles. The van der Waals surface area contributed by atoms with E-state index in [0.29, 0.717) is 5.21 Å². The minimum atomic E-state index is 0.230. The van der Waals surface area contributed by atoms with Crippen molar-refractivity contribution in [1.82, 2.24) is 0 Å². The lowest BCUT2D eigenvalue weighted by Gasteiger charge is -2.43. The highest BCUT2D eigenvalue weighted by atomic mass is 14.3. The standard InChI is InChI=1S/C14H25B3/c1-4-9-14(16,17)13(3,15)12-8-6-7-11(5-2)10-12/h6-8,10H,4-5,9,15-17H2,1-3H3. The lowest BCUT2D eigenvalue weighted by Crippen LogP contribution is -2.39. The summed E-state index contributed by atoms with van der Waals surface area (Å²) in [5.41, 5.74) is 2.93. The molecule has 1 aromatic rings. The second-order valence-electron chi connectivity index (χ2n) is 6.31. The van der Waals surface area contributed by atoms with Crippen LogP contribution in [0.4, 0.5) is 0 Å². The van der Waals surface area contributed by atoms with Gasteiger partial charge in [0.05, 0.1) is 15.7 Å². The van der Waals surface area contributed by atoms with Crippen LogP contribution in [0, 0.1) is 0 Å². The van der Waals surface area contributed by atoms with Crippen LogP contribution in [0.5, 0.6) is 0 Å². The second-order valence-corrected chi connectivity index (χ2v) is 6.31. The Bertz CT molecular complexity index is 369. The Kier molecular flexibility index (Phi) is 4.58. The van der Waals surface area contributed by atoms with Crippen LogP contribution < -0.4 is 0 Å². The summed E-state index contributed by atoms with van der Waals surface area (Å²) in [7, 11) is 7.18. The summed E-state index contributed by atoms with van der Waals surface area (Å²) in [5.74, 6) is 0. The molecule has 90 valence electrons. The topological polar surface area (TPSA) is 0 Å². The molecule has 1 aromatic carbocycles. The van der Waals surface area contributed by atoms with Gasteiger partial charge in [0, 0.05) is 0 Å². The van der Waals surface area contributed by atoms with Crippen molar-refractivity contribution in [3.63, 3.8) is 0 Å². The molecule has 0 bridgehead atoms. The van der Waals surface area contributed by atoms with Gasteiger partial charge < -0.3 is 0 Å². The third-order valence-corrected chi connectivity index (χ3v) is 4.62. The summed E-state index contributed by atoms with van der Waals surface area (Å²) in [5, 5.41) is 0.572. The largest absolute Gasteiger partial charge is 0.113 e. The quantitative estimate of drug-likeness (QED) is 0.663. The maximum absolute atomic E-state index is 2.40. The highest BCUT2D eigenvalue weighted by molar-refractivity contribution is 6.45. The van der Waals surface area contributed by atoms with Crippen molar-refractivity contribution >= 4 is 23.5 Å². The molecule has 0 saturated carbocycles. The molecule has 0 aliphatic carbocycles. The monoisotopic (exact) mass is 226 g/mol. The average Bonchev–Trinajstić information content (AvgIpc) is 2.29. The van der Waals surface area contributed by atoms with E-state index in [4.69, 9.17) is 0 Å². The van der Waals surface area contributed by atoms with Crippen molar-refractivity contribution in [3.8, 4) is 0 Å². The zero-order valence-corrected chi connectivity index (χ0v) is 12.4. The lowest BCUT2D eigenvalue weighted by atomic mass is 9.34. The molecule has 0 heterocycles. The minimum absolute atomic E-state index is 0.230. The Labute approximate surface area is 110 Å². The predicted molar refractivity (Wildman–Crippen MR) is 86.4 cm³/mol. The number of hydrogen-bond donors (Lipinski definition) is 0. The Hall–Kier alpha value is -0.585. The SMILES string of the molecule is BC(B)(CCC)C(B)(C)c1cccc(CC)c1. The summed E-state index contributed by atoms with van der Waals surface area (Å²) in [6.45, 7) is 6.89. The van der Waals surface area contributed by atoms with Crippen molar-refractivity contribution in [2.24, 2.45) is 0 Å². The van der Waals surface area contributed by atoms with E-state index in [1.807, 2.05) is 0 Å². The number of aryl methyl sites for hydroxylation is 1. The summed E-state index contributed by atoms with van der Waals surface area (Å²) >= 11 is 0. The van der Waals surface area contributed by atoms with Gasteiger partial charge in [-0.3, -0.25) is 0 Å². The van der Waals surface area contributed by atoms with Crippen molar-refractivity contribution < 1.29 is 0 Å². The van der Waals surface area contributed by atoms with E-state index >= 15 is 0 Å². The molecule has 0 radical (unpaired) electrons. The van der Waals surface area contributed by atoms with Gasteiger partial charge >= 0.3 is 0 Å². The molecule has 0 nitrogen and oxygen atoms in total. The molecular weight excluding hydrogens is 201 g/mol. The fraction of sp³-hybridized carbons (Fsp3) is 0.571. The van der Waals surface area contributed by atoms with Gasteiger partial charge in [-0.2, -0.15) is 0 Å². The molecule has 1 atom stereocenters. The van der Waals surface area contributed by atoms with E-state index < -0.39 is 0 Å². The van der Waals surface area contributed by atoms with E-state index in [2.05, 4.69) is 68.6 Å². The third-order valence-electron chi connectivity index (χ3n) is 4.62. The van der Waals surface area contributed by atoms with Gasteiger partial charge in [0.2, 0.25) is 0 Å². The molecule has 0 N–H and O–H groups in total. The Morgan fingerprint density at radius 3 is 2.29 bits per heavy atom. The molecule has 0 aromatic heterocycles. The summed E-state index contributed by atoms with van der Waals surface area (Å²) in [6.07, 6.45) is 3.65. The molecule has 0 fully saturated rings. The Morgan fingerprint density at radius 1 is 1.12 bits per heavy atom. The molecule has 3 heteroatoms. The molecule has 1 unspecified atom stereocenters. The number of hydrogen-bond acceptors (Lipinski definition) is 0. The van der Waals surface area contributed by atoms with Gasteiger partial charge in [0.1, 0.15) is 7.85 Å². The number of benzene rings is 1. The Balaban J connectivity index is 3.11. The van der Waals surface area contributed by atoms with Crippen molar-refractivity contribution in [2.75, 3.05) is 0 Å². The van der Waals surface area contributed by atoms with E-state index in [0.717, 1.165) is 6.42 Å². The maximum Gasteiger partial charge on any atom is 0.113 e. The van der Waals surface area contributed by atoms with Crippen molar-refractivity contribution in [1.29, 1.82) is 0 Å². The van der Waals surface area contributed by atoms with E-state index in [1.54, 1.807) is 0 Å². The van der Waals surface area contributed by atoms with E-state index in [9.17, 15) is 0 Å². The molecular formula is C14H25B3. The molecule has 17 heavy (non-hydrogen) atoms.